The highest BCUT2D eigenvalue weighted by Gasteiger charge is 2.38. The molecule has 0 radical (unpaired) electrons. The zero-order valence-electron chi connectivity index (χ0n) is 12.1. The molecule has 0 aromatic heterocycles. The van der Waals surface area contributed by atoms with Crippen molar-refractivity contribution in [2.75, 3.05) is 0 Å². The normalized spacial score (nSPS) is 14.3. The minimum absolute atomic E-state index is 0.0516. The van der Waals surface area contributed by atoms with Gasteiger partial charge in [0.1, 0.15) is 5.60 Å². The highest BCUT2D eigenvalue weighted by Crippen LogP contribution is 2.25. The van der Waals surface area contributed by atoms with Crippen molar-refractivity contribution in [3.8, 4) is 0 Å². The van der Waals surface area contributed by atoms with E-state index in [0.29, 0.717) is 0 Å². The molecule has 0 spiro atoms. The van der Waals surface area contributed by atoms with Crippen LogP contribution < -0.4 is 0 Å². The van der Waals surface area contributed by atoms with Gasteiger partial charge in [-0.15, -0.1) is 0 Å². The monoisotopic (exact) mass is 286 g/mol. The molecule has 0 fully saturated rings. The van der Waals surface area contributed by atoms with Gasteiger partial charge in [-0.05, 0) is 33.6 Å². The first-order chi connectivity index (χ1) is 9.01. The van der Waals surface area contributed by atoms with Crippen LogP contribution in [0.1, 0.15) is 33.6 Å². The molecule has 2 N–H and O–H groups in total. The Kier molecular flexibility index (Phi) is 6.61. The lowest BCUT2D eigenvalue weighted by atomic mass is 9.92. The Balaban J connectivity index is 4.95. The Labute approximate surface area is 118 Å². The van der Waals surface area contributed by atoms with E-state index in [1.54, 1.807) is 13.8 Å². The Morgan fingerprint density at radius 1 is 1.05 bits per heavy atom. The molecule has 114 valence electrons. The standard InChI is InChI=1S/C14H22O6/c1-6-10(15)19-12(20-11(16)7-2)14(5,18)9-8-13(3,4)17/h6-7,12,17-18H,1-2,8-9H2,3-5H3. The van der Waals surface area contributed by atoms with E-state index in [1.165, 1.54) is 6.92 Å². The molecule has 0 aromatic rings. The van der Waals surface area contributed by atoms with Gasteiger partial charge in [0.2, 0.25) is 0 Å². The molecule has 6 nitrogen and oxygen atoms in total. The smallest absolute Gasteiger partial charge is 0.333 e. The molecule has 0 saturated carbocycles. The average Bonchev–Trinajstić information content (AvgIpc) is 2.34. The Bertz CT molecular complexity index is 356. The molecule has 0 amide bonds. The molecule has 1 atom stereocenters. The number of hydrogen-bond acceptors (Lipinski definition) is 6. The average molecular weight is 286 g/mol. The summed E-state index contributed by atoms with van der Waals surface area (Å²) in [4.78, 5) is 22.4. The van der Waals surface area contributed by atoms with Gasteiger partial charge in [0, 0.05) is 12.2 Å². The second-order valence-electron chi connectivity index (χ2n) is 5.28. The first kappa shape index (κ1) is 18.3. The largest absolute Gasteiger partial charge is 0.419 e. The summed E-state index contributed by atoms with van der Waals surface area (Å²) < 4.78 is 9.65. The van der Waals surface area contributed by atoms with Gasteiger partial charge in [0.05, 0.1) is 5.60 Å². The zero-order chi connectivity index (χ0) is 16.0. The van der Waals surface area contributed by atoms with Crippen LogP contribution in [0.3, 0.4) is 0 Å². The fourth-order valence-electron chi connectivity index (χ4n) is 1.26. The quantitative estimate of drug-likeness (QED) is 0.394. The molecule has 0 aliphatic heterocycles. The van der Waals surface area contributed by atoms with Crippen molar-refractivity contribution in [1.82, 2.24) is 0 Å². The maximum Gasteiger partial charge on any atom is 0.333 e. The van der Waals surface area contributed by atoms with Gasteiger partial charge in [0.15, 0.2) is 0 Å². The fourth-order valence-corrected chi connectivity index (χ4v) is 1.26. The van der Waals surface area contributed by atoms with Crippen LogP contribution >= 0.6 is 0 Å². The third kappa shape index (κ3) is 7.06. The van der Waals surface area contributed by atoms with E-state index in [9.17, 15) is 19.8 Å². The van der Waals surface area contributed by atoms with Gasteiger partial charge in [-0.25, -0.2) is 9.59 Å². The van der Waals surface area contributed by atoms with Crippen LogP contribution in [0.2, 0.25) is 0 Å². The molecule has 0 aliphatic carbocycles. The van der Waals surface area contributed by atoms with Crippen molar-refractivity contribution in [2.45, 2.75) is 51.1 Å². The first-order valence-electron chi connectivity index (χ1n) is 6.12. The summed E-state index contributed by atoms with van der Waals surface area (Å²) in [5.74, 6) is -1.68. The minimum Gasteiger partial charge on any atom is -0.419 e. The summed E-state index contributed by atoms with van der Waals surface area (Å²) in [5, 5.41) is 20.0. The first-order valence-corrected chi connectivity index (χ1v) is 6.12. The van der Waals surface area contributed by atoms with E-state index >= 15 is 0 Å². The maximum atomic E-state index is 11.2. The Hall–Kier alpha value is -1.66. The molecule has 20 heavy (non-hydrogen) atoms. The van der Waals surface area contributed by atoms with Crippen molar-refractivity contribution in [1.29, 1.82) is 0 Å². The summed E-state index contributed by atoms with van der Waals surface area (Å²) in [6, 6.07) is 0. The molecule has 0 saturated heterocycles. The van der Waals surface area contributed by atoms with E-state index in [0.717, 1.165) is 12.2 Å². The van der Waals surface area contributed by atoms with Gasteiger partial charge in [-0.3, -0.25) is 0 Å². The Morgan fingerprint density at radius 2 is 1.45 bits per heavy atom. The molecule has 1 unspecified atom stereocenters. The highest BCUT2D eigenvalue weighted by atomic mass is 16.7. The Morgan fingerprint density at radius 3 is 1.75 bits per heavy atom. The summed E-state index contributed by atoms with van der Waals surface area (Å²) in [6.45, 7) is 10.9. The fraction of sp³-hybridized carbons (Fsp3) is 0.571. The molecular formula is C14H22O6. The number of aliphatic hydroxyl groups is 2. The van der Waals surface area contributed by atoms with Crippen molar-refractivity contribution in [3.63, 3.8) is 0 Å². The molecule has 0 aliphatic rings. The number of carbonyl (C=O) groups is 2. The van der Waals surface area contributed by atoms with Crippen LogP contribution in [0, 0.1) is 0 Å². The SMILES string of the molecule is C=CC(=O)OC(OC(=O)C=C)C(C)(O)CCC(C)(C)O. The van der Waals surface area contributed by atoms with Crippen LogP contribution in [0.5, 0.6) is 0 Å². The number of rotatable bonds is 8. The van der Waals surface area contributed by atoms with Crippen LogP contribution in [0.25, 0.3) is 0 Å². The van der Waals surface area contributed by atoms with Crippen molar-refractivity contribution < 1.29 is 29.3 Å². The highest BCUT2D eigenvalue weighted by molar-refractivity contribution is 5.83. The second-order valence-corrected chi connectivity index (χ2v) is 5.28. The summed E-state index contributed by atoms with van der Waals surface area (Å²) >= 11 is 0. The number of esters is 2. The topological polar surface area (TPSA) is 93.1 Å². The lowest BCUT2D eigenvalue weighted by molar-refractivity contribution is -0.225. The van der Waals surface area contributed by atoms with E-state index < -0.39 is 29.4 Å². The van der Waals surface area contributed by atoms with Gasteiger partial charge >= 0.3 is 11.9 Å². The molecule has 0 heterocycles. The van der Waals surface area contributed by atoms with E-state index in [1.807, 2.05) is 0 Å². The van der Waals surface area contributed by atoms with Gasteiger partial charge in [-0.1, -0.05) is 13.2 Å². The maximum absolute atomic E-state index is 11.2. The van der Waals surface area contributed by atoms with Crippen LogP contribution in [0.15, 0.2) is 25.3 Å². The molecule has 0 rings (SSSR count). The van der Waals surface area contributed by atoms with E-state index in [2.05, 4.69) is 13.2 Å². The zero-order valence-corrected chi connectivity index (χ0v) is 12.1. The lowest BCUT2D eigenvalue weighted by Crippen LogP contribution is -2.46. The van der Waals surface area contributed by atoms with Gasteiger partial charge in [0.25, 0.3) is 6.29 Å². The van der Waals surface area contributed by atoms with Crippen LogP contribution in [-0.2, 0) is 19.1 Å². The van der Waals surface area contributed by atoms with Gasteiger partial charge in [-0.2, -0.15) is 0 Å². The third-order valence-corrected chi connectivity index (χ3v) is 2.53. The number of carbonyl (C=O) groups excluding carboxylic acids is 2. The van der Waals surface area contributed by atoms with Crippen LogP contribution in [-0.4, -0.2) is 39.6 Å². The van der Waals surface area contributed by atoms with E-state index in [4.69, 9.17) is 9.47 Å². The molecule has 0 aromatic carbocycles. The number of hydrogen-bond donors (Lipinski definition) is 2. The number of ether oxygens (including phenoxy) is 2. The summed E-state index contributed by atoms with van der Waals surface area (Å²) in [7, 11) is 0. The molecule has 0 bridgehead atoms. The van der Waals surface area contributed by atoms with E-state index in [-0.39, 0.29) is 12.8 Å². The molecule has 6 heteroatoms. The van der Waals surface area contributed by atoms with Gasteiger partial charge < -0.3 is 19.7 Å². The van der Waals surface area contributed by atoms with Crippen molar-refractivity contribution >= 4 is 11.9 Å². The minimum atomic E-state index is -1.66. The lowest BCUT2D eigenvalue weighted by Gasteiger charge is -2.32. The van der Waals surface area contributed by atoms with Crippen molar-refractivity contribution in [3.05, 3.63) is 25.3 Å². The summed E-state index contributed by atoms with van der Waals surface area (Å²) in [5.41, 5.74) is -2.67. The third-order valence-electron chi connectivity index (χ3n) is 2.53. The molecular weight excluding hydrogens is 264 g/mol. The second kappa shape index (κ2) is 7.21. The summed E-state index contributed by atoms with van der Waals surface area (Å²) in [6.07, 6.45) is 0.534. The predicted octanol–water partition coefficient (Wildman–Crippen LogP) is 1.07. The predicted molar refractivity (Wildman–Crippen MR) is 72.5 cm³/mol. The van der Waals surface area contributed by atoms with Crippen molar-refractivity contribution in [2.24, 2.45) is 0 Å². The van der Waals surface area contributed by atoms with Crippen LogP contribution in [0.4, 0.5) is 0 Å².